The first kappa shape index (κ1) is 11.8. The van der Waals surface area contributed by atoms with E-state index in [0.29, 0.717) is 0 Å². The number of nitrogen functional groups attached to an aromatic ring is 1. The Morgan fingerprint density at radius 3 is 2.12 bits per heavy atom. The fourth-order valence-electron chi connectivity index (χ4n) is 1.56. The van der Waals surface area contributed by atoms with Crippen molar-refractivity contribution >= 4 is 28.7 Å². The third kappa shape index (κ3) is 2.71. The zero-order chi connectivity index (χ0) is 12.4. The molecule has 0 bridgehead atoms. The monoisotopic (exact) mass is 246 g/mol. The fourth-order valence-corrected chi connectivity index (χ4v) is 1.74. The molecule has 88 valence electrons. The first-order valence-corrected chi connectivity index (χ1v) is 5.83. The highest BCUT2D eigenvalue weighted by Gasteiger charge is 2.00. The normalized spacial score (nSPS) is 10.3. The van der Waals surface area contributed by atoms with Gasteiger partial charge in [-0.3, -0.25) is 0 Å². The minimum Gasteiger partial charge on any atom is -0.398 e. The predicted molar refractivity (Wildman–Crippen MR) is 75.1 cm³/mol. The summed E-state index contributed by atoms with van der Waals surface area (Å²) < 4.78 is 0. The van der Waals surface area contributed by atoms with Gasteiger partial charge in [0.05, 0.1) is 0 Å². The van der Waals surface area contributed by atoms with Crippen LogP contribution in [0, 0.1) is 13.8 Å². The molecule has 0 amide bonds. The molecule has 0 atom stereocenters. The minimum absolute atomic E-state index is 0.759. The number of halogens is 1. The van der Waals surface area contributed by atoms with Gasteiger partial charge in [-0.2, -0.15) is 0 Å². The Morgan fingerprint density at radius 1 is 0.941 bits per heavy atom. The van der Waals surface area contributed by atoms with Crippen LogP contribution in [0.15, 0.2) is 36.4 Å². The summed E-state index contributed by atoms with van der Waals surface area (Å²) in [7, 11) is 0. The van der Waals surface area contributed by atoms with Crippen molar-refractivity contribution in [3.63, 3.8) is 0 Å². The van der Waals surface area contributed by atoms with E-state index >= 15 is 0 Å². The van der Waals surface area contributed by atoms with Crippen molar-refractivity contribution in [1.29, 1.82) is 0 Å². The molecular weight excluding hydrogens is 232 g/mol. The molecule has 0 heterocycles. The van der Waals surface area contributed by atoms with Crippen LogP contribution in [0.4, 0.5) is 17.1 Å². The van der Waals surface area contributed by atoms with Gasteiger partial charge < -0.3 is 11.1 Å². The molecule has 0 aliphatic carbocycles. The standard InChI is InChI=1S/C14H15ClN2/c1-9-3-5-11(7-13(9)15)17-12-6-4-10(2)14(16)8-12/h3-8,17H,16H2,1-2H3. The number of benzene rings is 2. The van der Waals surface area contributed by atoms with E-state index in [2.05, 4.69) is 5.32 Å². The highest BCUT2D eigenvalue weighted by Crippen LogP contribution is 2.25. The number of anilines is 3. The lowest BCUT2D eigenvalue weighted by atomic mass is 10.1. The van der Waals surface area contributed by atoms with Gasteiger partial charge in [-0.1, -0.05) is 23.7 Å². The van der Waals surface area contributed by atoms with Gasteiger partial charge >= 0.3 is 0 Å². The number of hydrogen-bond acceptors (Lipinski definition) is 2. The minimum atomic E-state index is 0.759. The number of aryl methyl sites for hydroxylation is 2. The molecule has 0 aromatic heterocycles. The summed E-state index contributed by atoms with van der Waals surface area (Å²) >= 11 is 6.07. The Balaban J connectivity index is 2.25. The summed E-state index contributed by atoms with van der Waals surface area (Å²) in [6.07, 6.45) is 0. The first-order chi connectivity index (χ1) is 8.06. The van der Waals surface area contributed by atoms with Gasteiger partial charge in [-0.05, 0) is 49.2 Å². The third-order valence-corrected chi connectivity index (χ3v) is 3.15. The van der Waals surface area contributed by atoms with Crippen molar-refractivity contribution in [2.45, 2.75) is 13.8 Å². The second kappa shape index (κ2) is 4.68. The van der Waals surface area contributed by atoms with E-state index in [0.717, 1.165) is 33.2 Å². The van der Waals surface area contributed by atoms with E-state index in [1.807, 2.05) is 50.2 Å². The quantitative estimate of drug-likeness (QED) is 0.776. The maximum absolute atomic E-state index is 6.07. The molecule has 2 aromatic carbocycles. The van der Waals surface area contributed by atoms with Gasteiger partial charge in [0, 0.05) is 22.1 Å². The van der Waals surface area contributed by atoms with Crippen molar-refractivity contribution in [1.82, 2.24) is 0 Å². The predicted octanol–water partition coefficient (Wildman–Crippen LogP) is 4.28. The Kier molecular flexibility index (Phi) is 3.25. The Morgan fingerprint density at radius 2 is 1.53 bits per heavy atom. The van der Waals surface area contributed by atoms with Crippen LogP contribution >= 0.6 is 11.6 Å². The number of rotatable bonds is 2. The van der Waals surface area contributed by atoms with Crippen LogP contribution in [-0.2, 0) is 0 Å². The van der Waals surface area contributed by atoms with Gasteiger partial charge in [-0.25, -0.2) is 0 Å². The summed E-state index contributed by atoms with van der Waals surface area (Å²) in [4.78, 5) is 0. The molecule has 3 N–H and O–H groups in total. The van der Waals surface area contributed by atoms with Crippen molar-refractivity contribution in [3.05, 3.63) is 52.5 Å². The number of hydrogen-bond donors (Lipinski definition) is 2. The molecule has 0 aliphatic rings. The topological polar surface area (TPSA) is 38.0 Å². The van der Waals surface area contributed by atoms with E-state index in [1.165, 1.54) is 0 Å². The molecule has 17 heavy (non-hydrogen) atoms. The summed E-state index contributed by atoms with van der Waals surface area (Å²) in [5.41, 5.74) is 10.7. The molecule has 3 heteroatoms. The van der Waals surface area contributed by atoms with Crippen molar-refractivity contribution < 1.29 is 0 Å². The molecule has 0 aliphatic heterocycles. The maximum atomic E-state index is 6.07. The highest BCUT2D eigenvalue weighted by molar-refractivity contribution is 6.31. The van der Waals surface area contributed by atoms with Gasteiger partial charge in [0.15, 0.2) is 0 Å². The lowest BCUT2D eigenvalue weighted by molar-refractivity contribution is 1.43. The lowest BCUT2D eigenvalue weighted by Gasteiger charge is -2.09. The van der Waals surface area contributed by atoms with Crippen LogP contribution in [-0.4, -0.2) is 0 Å². The SMILES string of the molecule is Cc1ccc(Nc2ccc(C)c(Cl)c2)cc1N. The van der Waals surface area contributed by atoms with E-state index in [4.69, 9.17) is 17.3 Å². The fraction of sp³-hybridized carbons (Fsp3) is 0.143. The van der Waals surface area contributed by atoms with Gasteiger partial charge in [0.2, 0.25) is 0 Å². The summed E-state index contributed by atoms with van der Waals surface area (Å²) in [6, 6.07) is 11.8. The molecule has 2 aromatic rings. The van der Waals surface area contributed by atoms with E-state index in [9.17, 15) is 0 Å². The zero-order valence-electron chi connectivity index (χ0n) is 9.92. The molecule has 0 spiro atoms. The molecule has 0 fully saturated rings. The van der Waals surface area contributed by atoms with E-state index in [-0.39, 0.29) is 0 Å². The van der Waals surface area contributed by atoms with Crippen LogP contribution in [0.25, 0.3) is 0 Å². The van der Waals surface area contributed by atoms with E-state index in [1.54, 1.807) is 0 Å². The molecule has 0 unspecified atom stereocenters. The van der Waals surface area contributed by atoms with Crippen LogP contribution in [0.2, 0.25) is 5.02 Å². The zero-order valence-corrected chi connectivity index (χ0v) is 10.7. The van der Waals surface area contributed by atoms with E-state index < -0.39 is 0 Å². The Bertz CT molecular complexity index is 500. The van der Waals surface area contributed by atoms with Crippen molar-refractivity contribution in [3.8, 4) is 0 Å². The average Bonchev–Trinajstić information content (AvgIpc) is 2.29. The maximum Gasteiger partial charge on any atom is 0.0455 e. The molecule has 0 radical (unpaired) electrons. The van der Waals surface area contributed by atoms with Crippen LogP contribution in [0.5, 0.6) is 0 Å². The van der Waals surface area contributed by atoms with Crippen LogP contribution in [0.1, 0.15) is 11.1 Å². The van der Waals surface area contributed by atoms with Gasteiger partial charge in [0.25, 0.3) is 0 Å². The number of nitrogens with two attached hydrogens (primary N) is 1. The summed E-state index contributed by atoms with van der Waals surface area (Å²) in [5.74, 6) is 0. The van der Waals surface area contributed by atoms with Crippen molar-refractivity contribution in [2.75, 3.05) is 11.1 Å². The molecule has 0 saturated carbocycles. The smallest absolute Gasteiger partial charge is 0.0455 e. The lowest BCUT2D eigenvalue weighted by Crippen LogP contribution is -1.94. The summed E-state index contributed by atoms with van der Waals surface area (Å²) in [6.45, 7) is 3.97. The van der Waals surface area contributed by atoms with Gasteiger partial charge in [0.1, 0.15) is 0 Å². The summed E-state index contributed by atoms with van der Waals surface area (Å²) in [5, 5.41) is 4.03. The number of nitrogens with one attached hydrogen (secondary N) is 1. The Hall–Kier alpha value is -1.67. The molecule has 0 saturated heterocycles. The second-order valence-electron chi connectivity index (χ2n) is 4.16. The molecule has 2 nitrogen and oxygen atoms in total. The van der Waals surface area contributed by atoms with Crippen LogP contribution < -0.4 is 11.1 Å². The second-order valence-corrected chi connectivity index (χ2v) is 4.57. The largest absolute Gasteiger partial charge is 0.398 e. The molecule has 2 rings (SSSR count). The highest BCUT2D eigenvalue weighted by atomic mass is 35.5. The van der Waals surface area contributed by atoms with Gasteiger partial charge in [-0.15, -0.1) is 0 Å². The Labute approximate surface area is 106 Å². The van der Waals surface area contributed by atoms with Crippen LogP contribution in [0.3, 0.4) is 0 Å². The first-order valence-electron chi connectivity index (χ1n) is 5.45. The average molecular weight is 247 g/mol. The third-order valence-electron chi connectivity index (χ3n) is 2.74. The van der Waals surface area contributed by atoms with Crippen molar-refractivity contribution in [2.24, 2.45) is 0 Å². The molecular formula is C14H15ClN2.